The molecule has 4 nitrogen and oxygen atoms in total. The van der Waals surface area contributed by atoms with E-state index in [2.05, 4.69) is 4.98 Å². The molecule has 0 aliphatic heterocycles. The van der Waals surface area contributed by atoms with E-state index in [9.17, 15) is 4.79 Å². The zero-order valence-corrected chi connectivity index (χ0v) is 12.3. The van der Waals surface area contributed by atoms with Crippen molar-refractivity contribution in [2.45, 2.75) is 6.92 Å². The lowest BCUT2D eigenvalue weighted by Crippen LogP contribution is -2.26. The van der Waals surface area contributed by atoms with Gasteiger partial charge in [-0.2, -0.15) is 0 Å². The van der Waals surface area contributed by atoms with Crippen LogP contribution in [0.2, 0.25) is 5.15 Å². The minimum Gasteiger partial charge on any atom is -0.497 e. The second kappa shape index (κ2) is 5.92. The van der Waals surface area contributed by atoms with Gasteiger partial charge in [-0.25, -0.2) is 4.98 Å². The number of benzene rings is 1. The maximum atomic E-state index is 12.4. The molecule has 0 fully saturated rings. The van der Waals surface area contributed by atoms with Crippen molar-refractivity contribution in [3.05, 3.63) is 52.8 Å². The summed E-state index contributed by atoms with van der Waals surface area (Å²) in [6, 6.07) is 10.6. The Balaban J connectivity index is 2.31. The zero-order chi connectivity index (χ0) is 14.7. The van der Waals surface area contributed by atoms with Gasteiger partial charge in [0.2, 0.25) is 0 Å². The van der Waals surface area contributed by atoms with Crippen molar-refractivity contribution in [1.29, 1.82) is 0 Å². The van der Waals surface area contributed by atoms with Crippen molar-refractivity contribution in [3.8, 4) is 5.75 Å². The van der Waals surface area contributed by atoms with Crippen molar-refractivity contribution in [2.24, 2.45) is 0 Å². The number of hydrogen-bond acceptors (Lipinski definition) is 3. The van der Waals surface area contributed by atoms with Gasteiger partial charge in [-0.05, 0) is 31.2 Å². The average molecular weight is 291 g/mol. The van der Waals surface area contributed by atoms with Crippen LogP contribution in [0.1, 0.15) is 16.1 Å². The molecule has 104 valence electrons. The zero-order valence-electron chi connectivity index (χ0n) is 11.6. The number of anilines is 1. The van der Waals surface area contributed by atoms with Gasteiger partial charge in [-0.3, -0.25) is 4.79 Å². The smallest absolute Gasteiger partial charge is 0.258 e. The van der Waals surface area contributed by atoms with Gasteiger partial charge in [0, 0.05) is 30.1 Å². The fourth-order valence-corrected chi connectivity index (χ4v) is 2.13. The molecule has 0 radical (unpaired) electrons. The molecule has 0 aliphatic carbocycles. The molecule has 0 atom stereocenters. The summed E-state index contributed by atoms with van der Waals surface area (Å²) in [5.41, 5.74) is 1.97. The Morgan fingerprint density at radius 2 is 2.05 bits per heavy atom. The minimum absolute atomic E-state index is 0.148. The van der Waals surface area contributed by atoms with E-state index in [0.717, 1.165) is 5.69 Å². The fraction of sp³-hybridized carbons (Fsp3) is 0.200. The molecular weight excluding hydrogens is 276 g/mol. The summed E-state index contributed by atoms with van der Waals surface area (Å²) >= 11 is 5.89. The average Bonchev–Trinajstić information content (AvgIpc) is 2.44. The Hall–Kier alpha value is -2.07. The third-order valence-corrected chi connectivity index (χ3v) is 3.11. The van der Waals surface area contributed by atoms with E-state index >= 15 is 0 Å². The molecule has 0 unspecified atom stereocenters. The van der Waals surface area contributed by atoms with E-state index in [-0.39, 0.29) is 5.91 Å². The number of nitrogens with zero attached hydrogens (tertiary/aromatic N) is 2. The minimum atomic E-state index is -0.148. The Kier molecular flexibility index (Phi) is 4.25. The van der Waals surface area contributed by atoms with Crippen LogP contribution in [0.15, 0.2) is 36.4 Å². The topological polar surface area (TPSA) is 42.4 Å². The van der Waals surface area contributed by atoms with Gasteiger partial charge in [0.15, 0.2) is 0 Å². The van der Waals surface area contributed by atoms with Crippen molar-refractivity contribution in [2.75, 3.05) is 19.1 Å². The summed E-state index contributed by atoms with van der Waals surface area (Å²) in [6.45, 7) is 1.80. The molecule has 1 amide bonds. The number of carbonyl (C=O) groups is 1. The molecule has 1 aromatic heterocycles. The number of methoxy groups -OCH3 is 1. The highest BCUT2D eigenvalue weighted by molar-refractivity contribution is 6.29. The van der Waals surface area contributed by atoms with Crippen LogP contribution < -0.4 is 9.64 Å². The molecule has 0 N–H and O–H groups in total. The first kappa shape index (κ1) is 14.3. The summed E-state index contributed by atoms with van der Waals surface area (Å²) in [5.74, 6) is 0.553. The lowest BCUT2D eigenvalue weighted by atomic mass is 10.2. The van der Waals surface area contributed by atoms with E-state index in [1.807, 2.05) is 18.2 Å². The van der Waals surface area contributed by atoms with Crippen LogP contribution in [-0.4, -0.2) is 25.0 Å². The highest BCUT2D eigenvalue weighted by Gasteiger charge is 2.15. The molecule has 0 spiro atoms. The number of aromatic nitrogens is 1. The number of pyridine rings is 1. The lowest BCUT2D eigenvalue weighted by molar-refractivity contribution is 0.0993. The highest BCUT2D eigenvalue weighted by atomic mass is 35.5. The molecule has 20 heavy (non-hydrogen) atoms. The molecule has 1 heterocycles. The number of aryl methyl sites for hydroxylation is 1. The predicted octanol–water partition coefficient (Wildman–Crippen LogP) is 3.33. The van der Waals surface area contributed by atoms with E-state index in [1.165, 1.54) is 0 Å². The summed E-state index contributed by atoms with van der Waals surface area (Å²) in [7, 11) is 3.30. The van der Waals surface area contributed by atoms with E-state index in [0.29, 0.717) is 22.2 Å². The van der Waals surface area contributed by atoms with Crippen LogP contribution in [-0.2, 0) is 0 Å². The third-order valence-electron chi connectivity index (χ3n) is 2.91. The number of ether oxygens (including phenoxy) is 1. The number of rotatable bonds is 3. The number of hydrogen-bond donors (Lipinski definition) is 0. The Morgan fingerprint density at radius 1 is 1.30 bits per heavy atom. The first-order valence-electron chi connectivity index (χ1n) is 6.07. The first-order valence-corrected chi connectivity index (χ1v) is 6.45. The molecule has 2 aromatic rings. The van der Waals surface area contributed by atoms with Gasteiger partial charge >= 0.3 is 0 Å². The first-order chi connectivity index (χ1) is 9.51. The number of amides is 1. The normalized spacial score (nSPS) is 10.2. The molecule has 5 heteroatoms. The summed E-state index contributed by atoms with van der Waals surface area (Å²) in [4.78, 5) is 18.0. The van der Waals surface area contributed by atoms with Crippen LogP contribution in [0.4, 0.5) is 5.69 Å². The molecular formula is C15H15ClN2O2. The van der Waals surface area contributed by atoms with Crippen LogP contribution in [0, 0.1) is 6.92 Å². The third kappa shape index (κ3) is 3.08. The predicted molar refractivity (Wildman–Crippen MR) is 79.7 cm³/mol. The second-order valence-electron chi connectivity index (χ2n) is 4.39. The molecule has 0 saturated heterocycles. The molecule has 1 aromatic carbocycles. The van der Waals surface area contributed by atoms with Crippen molar-refractivity contribution < 1.29 is 9.53 Å². The standard InChI is InChI=1S/C15H15ClN2O2/c1-10-7-11(8-14(16)17-10)15(19)18(2)12-5-4-6-13(9-12)20-3/h4-9H,1-3H3. The molecule has 0 aliphatic rings. The monoisotopic (exact) mass is 290 g/mol. The van der Waals surface area contributed by atoms with Crippen molar-refractivity contribution in [3.63, 3.8) is 0 Å². The van der Waals surface area contributed by atoms with Gasteiger partial charge in [-0.1, -0.05) is 17.7 Å². The van der Waals surface area contributed by atoms with Crippen LogP contribution in [0.25, 0.3) is 0 Å². The van der Waals surface area contributed by atoms with Crippen LogP contribution in [0.5, 0.6) is 5.75 Å². The Morgan fingerprint density at radius 3 is 2.70 bits per heavy atom. The summed E-state index contributed by atoms with van der Waals surface area (Å²) in [5, 5.41) is 0.312. The number of carbonyl (C=O) groups excluding carboxylic acids is 1. The fourth-order valence-electron chi connectivity index (χ4n) is 1.88. The summed E-state index contributed by atoms with van der Waals surface area (Å²) < 4.78 is 5.16. The van der Waals surface area contributed by atoms with Crippen molar-refractivity contribution in [1.82, 2.24) is 4.98 Å². The molecule has 2 rings (SSSR count). The maximum absolute atomic E-state index is 12.4. The van der Waals surface area contributed by atoms with Crippen molar-refractivity contribution >= 4 is 23.2 Å². The van der Waals surface area contributed by atoms with E-state index < -0.39 is 0 Å². The van der Waals surface area contributed by atoms with Crippen LogP contribution in [0.3, 0.4) is 0 Å². The summed E-state index contributed by atoms with van der Waals surface area (Å²) in [6.07, 6.45) is 0. The molecule has 0 saturated carbocycles. The van der Waals surface area contributed by atoms with Gasteiger partial charge in [0.05, 0.1) is 7.11 Å². The lowest BCUT2D eigenvalue weighted by Gasteiger charge is -2.18. The highest BCUT2D eigenvalue weighted by Crippen LogP contribution is 2.22. The maximum Gasteiger partial charge on any atom is 0.258 e. The SMILES string of the molecule is COc1cccc(N(C)C(=O)c2cc(C)nc(Cl)c2)c1. The molecule has 0 bridgehead atoms. The van der Waals surface area contributed by atoms with E-state index in [4.69, 9.17) is 16.3 Å². The Labute approximate surface area is 123 Å². The van der Waals surface area contributed by atoms with Gasteiger partial charge in [0.1, 0.15) is 10.9 Å². The number of halogens is 1. The Bertz CT molecular complexity index is 623. The second-order valence-corrected chi connectivity index (χ2v) is 4.77. The quantitative estimate of drug-likeness (QED) is 0.814. The van der Waals surface area contributed by atoms with Gasteiger partial charge in [-0.15, -0.1) is 0 Å². The van der Waals surface area contributed by atoms with Crippen LogP contribution >= 0.6 is 11.6 Å². The van der Waals surface area contributed by atoms with Gasteiger partial charge < -0.3 is 9.64 Å². The van der Waals surface area contributed by atoms with E-state index in [1.54, 1.807) is 44.2 Å². The van der Waals surface area contributed by atoms with Gasteiger partial charge in [0.25, 0.3) is 5.91 Å². The largest absolute Gasteiger partial charge is 0.497 e.